The zero-order chi connectivity index (χ0) is 10.8. The van der Waals surface area contributed by atoms with Gasteiger partial charge in [-0.3, -0.25) is 4.90 Å². The number of thiophene rings is 1. The second-order valence-electron chi connectivity index (χ2n) is 4.03. The molecule has 15 heavy (non-hydrogen) atoms. The monoisotopic (exact) mass is 289 g/mol. The summed E-state index contributed by atoms with van der Waals surface area (Å²) in [5.74, 6) is 0. The fraction of sp³-hybridized carbons (Fsp3) is 0.636. The molecule has 2 atom stereocenters. The van der Waals surface area contributed by atoms with Crippen molar-refractivity contribution in [1.29, 1.82) is 0 Å². The maximum absolute atomic E-state index is 9.64. The first-order chi connectivity index (χ1) is 7.22. The third-order valence-electron chi connectivity index (χ3n) is 3.03. The quantitative estimate of drug-likeness (QED) is 0.864. The van der Waals surface area contributed by atoms with Gasteiger partial charge < -0.3 is 5.11 Å². The summed E-state index contributed by atoms with van der Waals surface area (Å²) in [7, 11) is 0. The van der Waals surface area contributed by atoms with E-state index in [0.29, 0.717) is 11.4 Å². The zero-order valence-electron chi connectivity index (χ0n) is 8.82. The lowest BCUT2D eigenvalue weighted by Crippen LogP contribution is -2.39. The van der Waals surface area contributed by atoms with Gasteiger partial charge in [-0.15, -0.1) is 11.3 Å². The van der Waals surface area contributed by atoms with Gasteiger partial charge in [0.05, 0.1) is 6.10 Å². The van der Waals surface area contributed by atoms with Crippen molar-refractivity contribution in [3.8, 4) is 0 Å². The standard InChI is InChI=1S/C11H16BrNOS/c1-8-10-3-5-15-11(10)2-4-13(8)7-9(14)6-12/h3,5,8-9,14H,2,4,6-7H2,1H3. The van der Waals surface area contributed by atoms with Crippen LogP contribution in [0.4, 0.5) is 0 Å². The molecule has 2 unspecified atom stereocenters. The summed E-state index contributed by atoms with van der Waals surface area (Å²) < 4.78 is 0. The molecule has 1 N–H and O–H groups in total. The van der Waals surface area contributed by atoms with Crippen LogP contribution < -0.4 is 0 Å². The first-order valence-electron chi connectivity index (χ1n) is 5.26. The summed E-state index contributed by atoms with van der Waals surface area (Å²) in [6.07, 6.45) is 0.874. The molecule has 0 aromatic carbocycles. The van der Waals surface area contributed by atoms with E-state index in [0.717, 1.165) is 19.5 Å². The van der Waals surface area contributed by atoms with E-state index in [1.54, 1.807) is 0 Å². The Morgan fingerprint density at radius 3 is 3.27 bits per heavy atom. The lowest BCUT2D eigenvalue weighted by molar-refractivity contribution is 0.102. The van der Waals surface area contributed by atoms with Gasteiger partial charge in [-0.25, -0.2) is 0 Å². The van der Waals surface area contributed by atoms with Crippen molar-refractivity contribution in [3.63, 3.8) is 0 Å². The summed E-state index contributed by atoms with van der Waals surface area (Å²) >= 11 is 5.17. The predicted molar refractivity (Wildman–Crippen MR) is 67.8 cm³/mol. The number of aliphatic hydroxyl groups excluding tert-OH is 1. The topological polar surface area (TPSA) is 23.5 Å². The van der Waals surface area contributed by atoms with Crippen LogP contribution in [0.1, 0.15) is 23.4 Å². The Kier molecular flexibility index (Phi) is 3.83. The van der Waals surface area contributed by atoms with Crippen molar-refractivity contribution < 1.29 is 5.11 Å². The van der Waals surface area contributed by atoms with E-state index in [-0.39, 0.29) is 6.10 Å². The molecule has 4 heteroatoms. The Morgan fingerprint density at radius 1 is 1.73 bits per heavy atom. The molecule has 2 nitrogen and oxygen atoms in total. The Bertz CT molecular complexity index is 328. The first-order valence-corrected chi connectivity index (χ1v) is 7.27. The largest absolute Gasteiger partial charge is 0.391 e. The Labute approximate surface area is 103 Å². The Hall–Kier alpha value is 0.100. The van der Waals surface area contributed by atoms with Crippen LogP contribution in [-0.4, -0.2) is 34.5 Å². The molecule has 84 valence electrons. The summed E-state index contributed by atoms with van der Waals surface area (Å²) in [4.78, 5) is 3.88. The maximum atomic E-state index is 9.64. The summed E-state index contributed by atoms with van der Waals surface area (Å²) in [6, 6.07) is 2.67. The Morgan fingerprint density at radius 2 is 2.53 bits per heavy atom. The highest BCUT2D eigenvalue weighted by Gasteiger charge is 2.25. The van der Waals surface area contributed by atoms with Gasteiger partial charge in [-0.1, -0.05) is 15.9 Å². The van der Waals surface area contributed by atoms with E-state index in [1.807, 2.05) is 11.3 Å². The third kappa shape index (κ3) is 2.44. The highest BCUT2D eigenvalue weighted by atomic mass is 79.9. The predicted octanol–water partition coefficient (Wildman–Crippen LogP) is 2.42. The Balaban J connectivity index is 2.06. The highest BCUT2D eigenvalue weighted by molar-refractivity contribution is 9.09. The van der Waals surface area contributed by atoms with Gasteiger partial charge in [0, 0.05) is 29.3 Å². The van der Waals surface area contributed by atoms with Crippen molar-refractivity contribution in [2.24, 2.45) is 0 Å². The van der Waals surface area contributed by atoms with E-state index in [4.69, 9.17) is 0 Å². The van der Waals surface area contributed by atoms with Gasteiger partial charge in [0.25, 0.3) is 0 Å². The smallest absolute Gasteiger partial charge is 0.0763 e. The van der Waals surface area contributed by atoms with Crippen LogP contribution in [0.2, 0.25) is 0 Å². The summed E-state index contributed by atoms with van der Waals surface area (Å²) in [5.41, 5.74) is 1.45. The molecule has 0 spiro atoms. The average molecular weight is 290 g/mol. The normalized spacial score (nSPS) is 23.8. The molecule has 2 rings (SSSR count). The number of nitrogens with zero attached hydrogens (tertiary/aromatic N) is 1. The van der Waals surface area contributed by atoms with Crippen LogP contribution in [0, 0.1) is 0 Å². The van der Waals surface area contributed by atoms with Gasteiger partial charge >= 0.3 is 0 Å². The molecular weight excluding hydrogens is 274 g/mol. The molecule has 0 fully saturated rings. The molecular formula is C11H16BrNOS. The number of fused-ring (bicyclic) bond motifs is 1. The van der Waals surface area contributed by atoms with E-state index < -0.39 is 0 Å². The lowest BCUT2D eigenvalue weighted by atomic mass is 10.0. The highest BCUT2D eigenvalue weighted by Crippen LogP contribution is 2.32. The van der Waals surface area contributed by atoms with Gasteiger partial charge in [-0.05, 0) is 30.4 Å². The average Bonchev–Trinajstić information content (AvgIpc) is 2.70. The number of hydrogen-bond donors (Lipinski definition) is 1. The number of aliphatic hydroxyl groups is 1. The second kappa shape index (κ2) is 4.95. The van der Waals surface area contributed by atoms with Crippen molar-refractivity contribution in [2.45, 2.75) is 25.5 Å². The van der Waals surface area contributed by atoms with Crippen LogP contribution >= 0.6 is 27.3 Å². The second-order valence-corrected chi connectivity index (χ2v) is 5.68. The summed E-state index contributed by atoms with van der Waals surface area (Å²) in [5, 5.41) is 12.5. The fourth-order valence-corrected chi connectivity index (χ4v) is 3.30. The maximum Gasteiger partial charge on any atom is 0.0763 e. The van der Waals surface area contributed by atoms with Crippen LogP contribution in [0.15, 0.2) is 11.4 Å². The van der Waals surface area contributed by atoms with Crippen LogP contribution in [0.3, 0.4) is 0 Å². The third-order valence-corrected chi connectivity index (χ3v) is 4.77. The molecule has 0 amide bonds. The first kappa shape index (κ1) is 11.6. The SMILES string of the molecule is CC1c2ccsc2CCN1CC(O)CBr. The van der Waals surface area contributed by atoms with E-state index in [9.17, 15) is 5.11 Å². The van der Waals surface area contributed by atoms with E-state index >= 15 is 0 Å². The molecule has 2 heterocycles. The lowest BCUT2D eigenvalue weighted by Gasteiger charge is -2.34. The van der Waals surface area contributed by atoms with Crippen molar-refractivity contribution in [2.75, 3.05) is 18.4 Å². The minimum absolute atomic E-state index is 0.257. The van der Waals surface area contributed by atoms with E-state index in [2.05, 4.69) is 39.2 Å². The molecule has 1 aromatic heterocycles. The van der Waals surface area contributed by atoms with Crippen molar-refractivity contribution in [3.05, 3.63) is 21.9 Å². The minimum Gasteiger partial charge on any atom is -0.391 e. The van der Waals surface area contributed by atoms with Gasteiger partial charge in [-0.2, -0.15) is 0 Å². The van der Waals surface area contributed by atoms with Crippen LogP contribution in [0.5, 0.6) is 0 Å². The molecule has 0 saturated heterocycles. The molecule has 1 aliphatic rings. The van der Waals surface area contributed by atoms with Crippen molar-refractivity contribution >= 4 is 27.3 Å². The minimum atomic E-state index is -0.257. The molecule has 1 aliphatic heterocycles. The summed E-state index contributed by atoms with van der Waals surface area (Å²) in [6.45, 7) is 4.06. The van der Waals surface area contributed by atoms with Gasteiger partial charge in [0.1, 0.15) is 0 Å². The molecule has 0 aliphatic carbocycles. The van der Waals surface area contributed by atoms with E-state index in [1.165, 1.54) is 10.4 Å². The molecule has 0 radical (unpaired) electrons. The van der Waals surface area contributed by atoms with Crippen LogP contribution in [-0.2, 0) is 6.42 Å². The van der Waals surface area contributed by atoms with Gasteiger partial charge in [0.2, 0.25) is 0 Å². The van der Waals surface area contributed by atoms with Gasteiger partial charge in [0.15, 0.2) is 0 Å². The van der Waals surface area contributed by atoms with Crippen LogP contribution in [0.25, 0.3) is 0 Å². The van der Waals surface area contributed by atoms with Crippen molar-refractivity contribution in [1.82, 2.24) is 4.90 Å². The number of halogens is 1. The number of β-amino-alcohol motifs (C(OH)–C–C–N with tert-alkyl or cyclic N) is 1. The molecule has 0 bridgehead atoms. The number of alkyl halides is 1. The number of hydrogen-bond acceptors (Lipinski definition) is 3. The number of rotatable bonds is 3. The molecule has 0 saturated carbocycles. The zero-order valence-corrected chi connectivity index (χ0v) is 11.2. The molecule has 1 aromatic rings. The fourth-order valence-electron chi connectivity index (χ4n) is 2.13.